The summed E-state index contributed by atoms with van der Waals surface area (Å²) in [6.45, 7) is 7.26. The van der Waals surface area contributed by atoms with Crippen molar-refractivity contribution in [2.45, 2.75) is 45.4 Å². The Kier molecular flexibility index (Phi) is 6.83. The normalized spacial score (nSPS) is 11.3. The van der Waals surface area contributed by atoms with Crippen molar-refractivity contribution in [1.29, 1.82) is 0 Å². The van der Waals surface area contributed by atoms with Crippen LogP contribution in [0.3, 0.4) is 0 Å². The number of benzene rings is 1. The molecule has 0 saturated heterocycles. The molecule has 2 heterocycles. The van der Waals surface area contributed by atoms with E-state index in [0.717, 1.165) is 17.5 Å². The van der Waals surface area contributed by atoms with Crippen LogP contribution >= 0.6 is 0 Å². The van der Waals surface area contributed by atoms with E-state index in [9.17, 15) is 13.2 Å². The van der Waals surface area contributed by atoms with Crippen molar-refractivity contribution >= 4 is 27.3 Å². The highest BCUT2D eigenvalue weighted by atomic mass is 32.2. The van der Waals surface area contributed by atoms with E-state index < -0.39 is 15.9 Å². The number of rotatable bonds is 8. The molecule has 3 rings (SSSR count). The molecule has 0 radical (unpaired) electrons. The summed E-state index contributed by atoms with van der Waals surface area (Å²) in [6, 6.07) is 6.78. The van der Waals surface area contributed by atoms with Crippen LogP contribution in [0.25, 0.3) is 0 Å². The van der Waals surface area contributed by atoms with Gasteiger partial charge in [0.05, 0.1) is 30.4 Å². The topological polar surface area (TPSA) is 123 Å². The number of nitrogens with one attached hydrogen (secondary N) is 2. The quantitative estimate of drug-likeness (QED) is 0.523. The van der Waals surface area contributed by atoms with Crippen molar-refractivity contribution in [3.63, 3.8) is 0 Å². The average molecular weight is 459 g/mol. The van der Waals surface area contributed by atoms with E-state index in [4.69, 9.17) is 9.26 Å². The molecule has 2 aromatic heterocycles. The molecule has 3 aromatic rings. The maximum absolute atomic E-state index is 13.2. The van der Waals surface area contributed by atoms with Gasteiger partial charge in [-0.2, -0.15) is 0 Å². The maximum Gasteiger partial charge on any atom is 0.267 e. The smallest absolute Gasteiger partial charge is 0.267 e. The van der Waals surface area contributed by atoms with Gasteiger partial charge in [0, 0.05) is 6.42 Å². The van der Waals surface area contributed by atoms with Gasteiger partial charge in [-0.15, -0.1) is 0 Å². The van der Waals surface area contributed by atoms with E-state index in [2.05, 4.69) is 20.2 Å². The van der Waals surface area contributed by atoms with Crippen LogP contribution in [-0.2, 0) is 16.4 Å². The van der Waals surface area contributed by atoms with E-state index in [1.807, 2.05) is 39.0 Å². The zero-order chi connectivity index (χ0) is 23.5. The summed E-state index contributed by atoms with van der Waals surface area (Å²) >= 11 is 0. The van der Waals surface area contributed by atoms with Crippen molar-refractivity contribution in [2.75, 3.05) is 17.1 Å². The molecular formula is C22H26N4O5S. The standard InChI is InChI=1S/C22H26N4O5S/c1-6-8-17-19(15(4)25-31-17)21(27)24-16-11-18(22(30-5)23-12-16)32(28,29)26-20-13(2)9-7-10-14(20)3/h7,9-12,26H,6,8H2,1-5H3,(H,24,27). The monoisotopic (exact) mass is 458 g/mol. The first-order valence-corrected chi connectivity index (χ1v) is 11.6. The highest BCUT2D eigenvalue weighted by Crippen LogP contribution is 2.29. The summed E-state index contributed by atoms with van der Waals surface area (Å²) in [5.41, 5.74) is 3.01. The van der Waals surface area contributed by atoms with Crippen LogP contribution in [0.1, 0.15) is 46.3 Å². The lowest BCUT2D eigenvalue weighted by atomic mass is 10.1. The predicted molar refractivity (Wildman–Crippen MR) is 121 cm³/mol. The summed E-state index contributed by atoms with van der Waals surface area (Å²) in [6.07, 6.45) is 2.67. The van der Waals surface area contributed by atoms with Crippen molar-refractivity contribution in [3.8, 4) is 5.88 Å². The number of amides is 1. The fourth-order valence-corrected chi connectivity index (χ4v) is 4.66. The van der Waals surface area contributed by atoms with Crippen molar-refractivity contribution < 1.29 is 22.5 Å². The van der Waals surface area contributed by atoms with E-state index >= 15 is 0 Å². The van der Waals surface area contributed by atoms with Crippen LogP contribution in [-0.4, -0.2) is 31.6 Å². The summed E-state index contributed by atoms with van der Waals surface area (Å²) in [5.74, 6) is -0.0618. The van der Waals surface area contributed by atoms with Gasteiger partial charge < -0.3 is 14.6 Å². The van der Waals surface area contributed by atoms with Gasteiger partial charge in [0.15, 0.2) is 4.90 Å². The number of anilines is 2. The summed E-state index contributed by atoms with van der Waals surface area (Å²) in [7, 11) is -2.73. The Bertz CT molecular complexity index is 1230. The first-order chi connectivity index (χ1) is 15.2. The Morgan fingerprint density at radius 3 is 2.50 bits per heavy atom. The van der Waals surface area contributed by atoms with Gasteiger partial charge in [-0.1, -0.05) is 30.3 Å². The summed E-state index contributed by atoms with van der Waals surface area (Å²) in [4.78, 5) is 16.7. The zero-order valence-electron chi connectivity index (χ0n) is 18.6. The molecule has 0 unspecified atom stereocenters. The third-order valence-corrected chi connectivity index (χ3v) is 6.26. The second-order valence-corrected chi connectivity index (χ2v) is 9.02. The van der Waals surface area contributed by atoms with Gasteiger partial charge >= 0.3 is 0 Å². The predicted octanol–water partition coefficient (Wildman–Crippen LogP) is 4.01. The molecule has 1 amide bonds. The van der Waals surface area contributed by atoms with Gasteiger partial charge in [-0.3, -0.25) is 9.52 Å². The highest BCUT2D eigenvalue weighted by Gasteiger charge is 2.25. The number of hydrogen-bond donors (Lipinski definition) is 2. The SMILES string of the molecule is CCCc1onc(C)c1C(=O)Nc1cnc(OC)c(S(=O)(=O)Nc2c(C)cccc2C)c1. The van der Waals surface area contributed by atoms with Gasteiger partial charge in [-0.05, 0) is 44.4 Å². The number of methoxy groups -OCH3 is 1. The molecule has 170 valence electrons. The minimum atomic E-state index is -4.06. The first kappa shape index (κ1) is 23.3. The van der Waals surface area contributed by atoms with E-state index in [1.165, 1.54) is 19.4 Å². The summed E-state index contributed by atoms with van der Waals surface area (Å²) in [5, 5.41) is 6.55. The largest absolute Gasteiger partial charge is 0.480 e. The molecule has 0 aliphatic heterocycles. The number of pyridine rings is 1. The van der Waals surface area contributed by atoms with Crippen LogP contribution in [0, 0.1) is 20.8 Å². The number of carbonyl (C=O) groups is 1. The Hall–Kier alpha value is -3.40. The summed E-state index contributed by atoms with van der Waals surface area (Å²) < 4.78 is 39.4. The van der Waals surface area contributed by atoms with E-state index in [0.29, 0.717) is 29.1 Å². The number of aromatic nitrogens is 2. The van der Waals surface area contributed by atoms with E-state index in [1.54, 1.807) is 6.92 Å². The third kappa shape index (κ3) is 4.75. The van der Waals surface area contributed by atoms with Gasteiger partial charge in [0.25, 0.3) is 15.9 Å². The number of sulfonamides is 1. The minimum absolute atomic E-state index is 0.0884. The van der Waals surface area contributed by atoms with E-state index in [-0.39, 0.29) is 16.5 Å². The number of nitrogens with zero attached hydrogens (tertiary/aromatic N) is 2. The second-order valence-electron chi connectivity index (χ2n) is 7.37. The van der Waals surface area contributed by atoms with Crippen molar-refractivity contribution in [2.24, 2.45) is 0 Å². The lowest BCUT2D eigenvalue weighted by molar-refractivity contribution is 0.102. The average Bonchev–Trinajstić information content (AvgIpc) is 3.11. The molecule has 32 heavy (non-hydrogen) atoms. The number of hydrogen-bond acceptors (Lipinski definition) is 7. The Labute approximate surface area is 187 Å². The maximum atomic E-state index is 13.2. The lowest BCUT2D eigenvalue weighted by Gasteiger charge is -2.15. The Balaban J connectivity index is 1.95. The van der Waals surface area contributed by atoms with Crippen LogP contribution < -0.4 is 14.8 Å². The van der Waals surface area contributed by atoms with Gasteiger partial charge in [0.2, 0.25) is 5.88 Å². The molecule has 0 aliphatic carbocycles. The Morgan fingerprint density at radius 1 is 1.19 bits per heavy atom. The lowest BCUT2D eigenvalue weighted by Crippen LogP contribution is -2.18. The number of carbonyl (C=O) groups excluding carboxylic acids is 1. The third-order valence-electron chi connectivity index (χ3n) is 4.91. The molecule has 0 bridgehead atoms. The van der Waals surface area contributed by atoms with Crippen molar-refractivity contribution in [3.05, 3.63) is 58.6 Å². The molecular weight excluding hydrogens is 432 g/mol. The molecule has 9 nitrogen and oxygen atoms in total. The van der Waals surface area contributed by atoms with Crippen molar-refractivity contribution in [1.82, 2.24) is 10.1 Å². The molecule has 0 fully saturated rings. The number of para-hydroxylation sites is 1. The van der Waals surface area contributed by atoms with Crippen LogP contribution in [0.2, 0.25) is 0 Å². The first-order valence-electron chi connectivity index (χ1n) is 10.1. The fourth-order valence-electron chi connectivity index (χ4n) is 3.31. The Morgan fingerprint density at radius 2 is 1.88 bits per heavy atom. The molecule has 2 N–H and O–H groups in total. The number of ether oxygens (including phenoxy) is 1. The fraction of sp³-hybridized carbons (Fsp3) is 0.318. The van der Waals surface area contributed by atoms with Crippen LogP contribution in [0.5, 0.6) is 5.88 Å². The molecule has 10 heteroatoms. The van der Waals surface area contributed by atoms with Crippen LogP contribution in [0.4, 0.5) is 11.4 Å². The van der Waals surface area contributed by atoms with Gasteiger partial charge in [-0.25, -0.2) is 13.4 Å². The minimum Gasteiger partial charge on any atom is -0.480 e. The molecule has 0 spiro atoms. The molecule has 0 aliphatic rings. The highest BCUT2D eigenvalue weighted by molar-refractivity contribution is 7.92. The van der Waals surface area contributed by atoms with Crippen LogP contribution in [0.15, 0.2) is 39.9 Å². The van der Waals surface area contributed by atoms with Gasteiger partial charge in [0.1, 0.15) is 11.3 Å². The molecule has 0 atom stereocenters. The molecule has 1 aromatic carbocycles. The second kappa shape index (κ2) is 9.39. The number of aryl methyl sites for hydroxylation is 4. The molecule has 0 saturated carbocycles. The zero-order valence-corrected chi connectivity index (χ0v) is 19.5.